The lowest BCUT2D eigenvalue weighted by Gasteiger charge is -2.05. The number of H-pyrrole nitrogens is 1. The summed E-state index contributed by atoms with van der Waals surface area (Å²) in [4.78, 5) is 16.0. The molecule has 0 amide bonds. The molecule has 0 unspecified atom stereocenters. The second kappa shape index (κ2) is 6.25. The van der Waals surface area contributed by atoms with E-state index < -0.39 is 5.95 Å². The Morgan fingerprint density at radius 1 is 1.12 bits per heavy atom. The predicted molar refractivity (Wildman–Crippen MR) is 96.8 cm³/mol. The summed E-state index contributed by atoms with van der Waals surface area (Å²) in [6, 6.07) is 10.6. The molecule has 0 fully saturated rings. The van der Waals surface area contributed by atoms with Gasteiger partial charge in [0.25, 0.3) is 0 Å². The largest absolute Gasteiger partial charge is 0.494 e. The number of nitrogens with zero attached hydrogens (tertiary/aromatic N) is 3. The van der Waals surface area contributed by atoms with E-state index in [-0.39, 0.29) is 0 Å². The van der Waals surface area contributed by atoms with Crippen molar-refractivity contribution in [3.63, 3.8) is 0 Å². The molecule has 7 heteroatoms. The quantitative estimate of drug-likeness (QED) is 0.512. The number of fused-ring (bicyclic) bond motifs is 1. The summed E-state index contributed by atoms with van der Waals surface area (Å²) >= 11 is 3.38. The lowest BCUT2D eigenvalue weighted by Crippen LogP contribution is -1.91. The Hall–Kier alpha value is -2.80. The van der Waals surface area contributed by atoms with E-state index in [1.54, 1.807) is 12.4 Å². The van der Waals surface area contributed by atoms with E-state index in [1.807, 2.05) is 30.3 Å². The van der Waals surface area contributed by atoms with Gasteiger partial charge in [-0.15, -0.1) is 0 Å². The Bertz CT molecular complexity index is 1070. The highest BCUT2D eigenvalue weighted by Gasteiger charge is 2.21. The van der Waals surface area contributed by atoms with Gasteiger partial charge in [-0.05, 0) is 40.2 Å². The van der Waals surface area contributed by atoms with Gasteiger partial charge in [-0.1, -0.05) is 6.07 Å². The van der Waals surface area contributed by atoms with E-state index in [0.29, 0.717) is 32.6 Å². The lowest BCUT2D eigenvalue weighted by atomic mass is 10.1. The summed E-state index contributed by atoms with van der Waals surface area (Å²) in [6.07, 6.45) is 3.38. The number of hydrogen-bond acceptors (Lipinski definition) is 4. The predicted octanol–water partition coefficient (Wildman–Crippen LogP) is 4.60. The summed E-state index contributed by atoms with van der Waals surface area (Å²) in [5, 5.41) is 0. The van der Waals surface area contributed by atoms with Gasteiger partial charge in [-0.25, -0.2) is 9.97 Å². The van der Waals surface area contributed by atoms with Gasteiger partial charge < -0.3 is 9.72 Å². The Balaban J connectivity index is 2.11. The second-order valence-corrected chi connectivity index (χ2v) is 6.14. The van der Waals surface area contributed by atoms with Crippen LogP contribution in [0.2, 0.25) is 0 Å². The third kappa shape index (κ3) is 2.76. The normalized spacial score (nSPS) is 11.0. The fourth-order valence-corrected chi connectivity index (χ4v) is 3.16. The van der Waals surface area contributed by atoms with Crippen LogP contribution in [-0.2, 0) is 0 Å². The molecule has 5 nitrogen and oxygen atoms in total. The van der Waals surface area contributed by atoms with E-state index in [9.17, 15) is 4.39 Å². The number of pyridine rings is 3. The van der Waals surface area contributed by atoms with Crippen molar-refractivity contribution in [3.05, 3.63) is 59.3 Å². The van der Waals surface area contributed by atoms with Gasteiger partial charge in [0.2, 0.25) is 5.95 Å². The number of rotatable bonds is 3. The van der Waals surface area contributed by atoms with Crippen LogP contribution in [0.5, 0.6) is 5.75 Å². The number of halogens is 2. The highest BCUT2D eigenvalue weighted by Crippen LogP contribution is 2.39. The fraction of sp³-hybridized carbons (Fsp3) is 0.0556. The summed E-state index contributed by atoms with van der Waals surface area (Å²) in [7, 11) is 1.50. The zero-order valence-corrected chi connectivity index (χ0v) is 14.7. The van der Waals surface area contributed by atoms with Crippen LogP contribution in [0.3, 0.4) is 0 Å². The zero-order valence-electron chi connectivity index (χ0n) is 13.1. The molecule has 0 aliphatic rings. The van der Waals surface area contributed by atoms with Gasteiger partial charge in [0.15, 0.2) is 0 Å². The summed E-state index contributed by atoms with van der Waals surface area (Å²) in [6.45, 7) is 0. The first kappa shape index (κ1) is 15.7. The minimum atomic E-state index is -0.608. The maximum Gasteiger partial charge on any atom is 0.217 e. The van der Waals surface area contributed by atoms with Crippen LogP contribution >= 0.6 is 15.9 Å². The SMILES string of the molecule is COc1cc(F)nc2c(-c3ccccn3)c(-c3ccnc(Br)c3)[nH]c12. The molecule has 0 aromatic carbocycles. The minimum Gasteiger partial charge on any atom is -0.494 e. The van der Waals surface area contributed by atoms with Crippen molar-refractivity contribution < 1.29 is 9.13 Å². The third-order valence-corrected chi connectivity index (χ3v) is 4.28. The number of hydrogen-bond donors (Lipinski definition) is 1. The minimum absolute atomic E-state index is 0.388. The maximum atomic E-state index is 14.0. The van der Waals surface area contributed by atoms with Crippen molar-refractivity contribution in [1.82, 2.24) is 19.9 Å². The number of aromatic nitrogens is 4. The Kier molecular flexibility index (Phi) is 3.93. The number of nitrogens with one attached hydrogen (secondary N) is 1. The van der Waals surface area contributed by atoms with Gasteiger partial charge in [-0.3, -0.25) is 4.98 Å². The number of aromatic amines is 1. The number of methoxy groups -OCH3 is 1. The molecule has 0 atom stereocenters. The molecule has 4 aromatic rings. The van der Waals surface area contributed by atoms with Crippen molar-refractivity contribution in [1.29, 1.82) is 0 Å². The molecule has 4 rings (SSSR count). The van der Waals surface area contributed by atoms with Gasteiger partial charge in [0.05, 0.1) is 24.1 Å². The van der Waals surface area contributed by atoms with Crippen LogP contribution in [0.25, 0.3) is 33.5 Å². The molecule has 124 valence electrons. The van der Waals surface area contributed by atoms with Gasteiger partial charge in [0.1, 0.15) is 21.4 Å². The molecule has 0 spiro atoms. The molecule has 0 aliphatic heterocycles. The maximum absolute atomic E-state index is 14.0. The highest BCUT2D eigenvalue weighted by molar-refractivity contribution is 9.10. The third-order valence-electron chi connectivity index (χ3n) is 3.85. The summed E-state index contributed by atoms with van der Waals surface area (Å²) < 4.78 is 20.0. The standard InChI is InChI=1S/C18H12BrFN4O/c1-25-12-9-14(20)23-18-15(11-4-2-3-6-21-11)16(24-17(12)18)10-5-7-22-13(19)8-10/h2-9,24H,1H3. The van der Waals surface area contributed by atoms with E-state index >= 15 is 0 Å². The zero-order chi connectivity index (χ0) is 17.4. The van der Waals surface area contributed by atoms with Crippen molar-refractivity contribution in [2.24, 2.45) is 0 Å². The molecule has 25 heavy (non-hydrogen) atoms. The average molecular weight is 399 g/mol. The molecule has 0 radical (unpaired) electrons. The van der Waals surface area contributed by atoms with Crippen molar-refractivity contribution >= 4 is 27.0 Å². The Morgan fingerprint density at radius 2 is 2.00 bits per heavy atom. The average Bonchev–Trinajstić information content (AvgIpc) is 3.01. The van der Waals surface area contributed by atoms with Gasteiger partial charge >= 0.3 is 0 Å². The topological polar surface area (TPSA) is 63.7 Å². The molecule has 0 saturated heterocycles. The first-order valence-electron chi connectivity index (χ1n) is 7.47. The van der Waals surface area contributed by atoms with Crippen molar-refractivity contribution in [2.75, 3.05) is 7.11 Å². The smallest absolute Gasteiger partial charge is 0.217 e. The first-order chi connectivity index (χ1) is 12.2. The van der Waals surface area contributed by atoms with E-state index in [0.717, 1.165) is 11.3 Å². The monoisotopic (exact) mass is 398 g/mol. The molecule has 4 aromatic heterocycles. The Morgan fingerprint density at radius 3 is 2.72 bits per heavy atom. The van der Waals surface area contributed by atoms with Crippen molar-refractivity contribution in [3.8, 4) is 28.3 Å². The summed E-state index contributed by atoms with van der Waals surface area (Å²) in [5.74, 6) is -0.220. The first-order valence-corrected chi connectivity index (χ1v) is 8.26. The van der Waals surface area contributed by atoms with Crippen molar-refractivity contribution in [2.45, 2.75) is 0 Å². The van der Waals surface area contributed by atoms with E-state index in [2.05, 4.69) is 35.9 Å². The molecule has 0 saturated carbocycles. The van der Waals surface area contributed by atoms with Crippen LogP contribution in [0, 0.1) is 5.95 Å². The highest BCUT2D eigenvalue weighted by atomic mass is 79.9. The Labute approximate surface area is 151 Å². The van der Waals surface area contributed by atoms with Crippen LogP contribution < -0.4 is 4.74 Å². The molecule has 0 bridgehead atoms. The van der Waals surface area contributed by atoms with Crippen LogP contribution in [0.4, 0.5) is 4.39 Å². The van der Waals surface area contributed by atoms with Gasteiger partial charge in [0, 0.05) is 24.0 Å². The van der Waals surface area contributed by atoms with E-state index in [4.69, 9.17) is 4.74 Å². The van der Waals surface area contributed by atoms with Crippen LogP contribution in [0.15, 0.2) is 53.4 Å². The van der Waals surface area contributed by atoms with Gasteiger partial charge in [-0.2, -0.15) is 4.39 Å². The molecule has 4 heterocycles. The number of ether oxygens (including phenoxy) is 1. The molecule has 0 aliphatic carbocycles. The van der Waals surface area contributed by atoms with Crippen LogP contribution in [0.1, 0.15) is 0 Å². The van der Waals surface area contributed by atoms with E-state index in [1.165, 1.54) is 13.2 Å². The summed E-state index contributed by atoms with van der Waals surface area (Å²) in [5.41, 5.74) is 4.14. The molecular weight excluding hydrogens is 387 g/mol. The molecule has 1 N–H and O–H groups in total. The lowest BCUT2D eigenvalue weighted by molar-refractivity contribution is 0.414. The van der Waals surface area contributed by atoms with Crippen LogP contribution in [-0.4, -0.2) is 27.0 Å². The second-order valence-electron chi connectivity index (χ2n) is 5.33. The fourth-order valence-electron chi connectivity index (χ4n) is 2.80. The molecular formula is C18H12BrFN4O.